The molecule has 1 aliphatic carbocycles. The third-order valence-corrected chi connectivity index (χ3v) is 7.07. The van der Waals surface area contributed by atoms with Gasteiger partial charge in [-0.1, -0.05) is 72.3 Å². The first-order valence-electron chi connectivity index (χ1n) is 11.3. The summed E-state index contributed by atoms with van der Waals surface area (Å²) in [4.78, 5) is 26.6. The minimum atomic E-state index is -0.880. The molecule has 168 valence electrons. The van der Waals surface area contributed by atoms with Gasteiger partial charge >= 0.3 is 12.1 Å². The Kier molecular flexibility index (Phi) is 5.41. The average Bonchev–Trinajstić information content (AvgIpc) is 3.40. The van der Waals surface area contributed by atoms with Crippen LogP contribution in [0.4, 0.5) is 4.79 Å². The van der Waals surface area contributed by atoms with Gasteiger partial charge in [0.1, 0.15) is 6.61 Å². The Morgan fingerprint density at radius 3 is 2.18 bits per heavy atom. The van der Waals surface area contributed by atoms with Crippen LogP contribution in [-0.4, -0.2) is 41.8 Å². The maximum absolute atomic E-state index is 13.0. The molecule has 2 aliphatic rings. The SMILES string of the molecule is Cc1ccc(C)c([C@@H]2CN(C(=O)OCC3c4ccccc4-c4ccccc43)C[C@H]2C(=O)O)c1. The zero-order chi connectivity index (χ0) is 23.1. The van der Waals surface area contributed by atoms with Gasteiger partial charge in [0.15, 0.2) is 0 Å². The molecule has 1 aliphatic heterocycles. The van der Waals surface area contributed by atoms with E-state index in [9.17, 15) is 14.7 Å². The highest BCUT2D eigenvalue weighted by Crippen LogP contribution is 2.44. The number of hydrogen-bond acceptors (Lipinski definition) is 3. The zero-order valence-corrected chi connectivity index (χ0v) is 18.8. The van der Waals surface area contributed by atoms with Crippen LogP contribution < -0.4 is 0 Å². The Bertz CT molecular complexity index is 1190. The lowest BCUT2D eigenvalue weighted by molar-refractivity contribution is -0.141. The summed E-state index contributed by atoms with van der Waals surface area (Å²) in [6.07, 6.45) is -0.448. The Balaban J connectivity index is 1.34. The number of benzene rings is 3. The van der Waals surface area contributed by atoms with E-state index in [-0.39, 0.29) is 25.0 Å². The molecule has 0 bridgehead atoms. The number of carbonyl (C=O) groups excluding carboxylic acids is 1. The molecule has 33 heavy (non-hydrogen) atoms. The summed E-state index contributed by atoms with van der Waals surface area (Å²) in [5.74, 6) is -1.79. The van der Waals surface area contributed by atoms with Crippen molar-refractivity contribution in [2.24, 2.45) is 5.92 Å². The fraction of sp³-hybridized carbons (Fsp3) is 0.286. The highest BCUT2D eigenvalue weighted by Gasteiger charge is 2.42. The molecule has 3 aromatic rings. The molecule has 2 atom stereocenters. The maximum Gasteiger partial charge on any atom is 0.409 e. The molecule has 0 aromatic heterocycles. The van der Waals surface area contributed by atoms with Gasteiger partial charge in [-0.2, -0.15) is 0 Å². The fourth-order valence-electron chi connectivity index (χ4n) is 5.36. The van der Waals surface area contributed by atoms with Gasteiger partial charge < -0.3 is 14.7 Å². The van der Waals surface area contributed by atoms with E-state index in [1.165, 1.54) is 11.1 Å². The number of fused-ring (bicyclic) bond motifs is 3. The molecule has 5 rings (SSSR count). The minimum absolute atomic E-state index is 0.0194. The highest BCUT2D eigenvalue weighted by atomic mass is 16.6. The van der Waals surface area contributed by atoms with Crippen molar-refractivity contribution in [1.82, 2.24) is 4.90 Å². The standard InChI is InChI=1S/C28H27NO4/c1-17-11-12-18(2)23(13-17)24-14-29(15-25(24)27(30)31)28(32)33-16-26-21-9-5-3-7-19(21)20-8-4-6-10-22(20)26/h3-13,24-26H,14-16H2,1-2H3,(H,30,31)/t24-,25+/m0/s1. The minimum Gasteiger partial charge on any atom is -0.481 e. The second-order valence-electron chi connectivity index (χ2n) is 9.12. The molecule has 0 radical (unpaired) electrons. The number of nitrogens with zero attached hydrogens (tertiary/aromatic N) is 1. The van der Waals surface area contributed by atoms with Crippen molar-refractivity contribution in [2.75, 3.05) is 19.7 Å². The molecule has 3 aromatic carbocycles. The second-order valence-corrected chi connectivity index (χ2v) is 9.12. The van der Waals surface area contributed by atoms with E-state index in [0.29, 0.717) is 6.54 Å². The molecule has 0 spiro atoms. The normalized spacial score (nSPS) is 19.3. The zero-order valence-electron chi connectivity index (χ0n) is 18.8. The lowest BCUT2D eigenvalue weighted by Gasteiger charge is -2.20. The Hall–Kier alpha value is -3.60. The Labute approximate surface area is 193 Å². The highest BCUT2D eigenvalue weighted by molar-refractivity contribution is 5.79. The van der Waals surface area contributed by atoms with Gasteiger partial charge in [-0.25, -0.2) is 4.79 Å². The van der Waals surface area contributed by atoms with Gasteiger partial charge in [-0.3, -0.25) is 4.79 Å². The van der Waals surface area contributed by atoms with Crippen molar-refractivity contribution in [2.45, 2.75) is 25.7 Å². The number of carboxylic acid groups (broad SMARTS) is 1. The van der Waals surface area contributed by atoms with Crippen molar-refractivity contribution in [3.63, 3.8) is 0 Å². The van der Waals surface area contributed by atoms with Crippen molar-refractivity contribution >= 4 is 12.1 Å². The number of aliphatic carboxylic acids is 1. The largest absolute Gasteiger partial charge is 0.481 e. The van der Waals surface area contributed by atoms with Gasteiger partial charge in [0, 0.05) is 24.9 Å². The molecule has 5 heteroatoms. The van der Waals surface area contributed by atoms with E-state index in [2.05, 4.69) is 24.3 Å². The molecule has 1 heterocycles. The lowest BCUT2D eigenvalue weighted by atomic mass is 9.86. The summed E-state index contributed by atoms with van der Waals surface area (Å²) >= 11 is 0. The van der Waals surface area contributed by atoms with Crippen molar-refractivity contribution in [1.29, 1.82) is 0 Å². The number of likely N-dealkylation sites (tertiary alicyclic amines) is 1. The fourth-order valence-corrected chi connectivity index (χ4v) is 5.36. The average molecular weight is 442 g/mol. The van der Waals surface area contributed by atoms with E-state index in [0.717, 1.165) is 27.8 Å². The van der Waals surface area contributed by atoms with E-state index in [1.54, 1.807) is 4.90 Å². The number of rotatable bonds is 4. The topological polar surface area (TPSA) is 66.8 Å². The number of carboxylic acids is 1. The van der Waals surface area contributed by atoms with Crippen LogP contribution in [-0.2, 0) is 9.53 Å². The van der Waals surface area contributed by atoms with Gasteiger partial charge in [0.2, 0.25) is 0 Å². The van der Waals surface area contributed by atoms with E-state index in [1.807, 2.05) is 56.3 Å². The molecule has 1 fully saturated rings. The molecule has 0 unspecified atom stereocenters. The van der Waals surface area contributed by atoms with Crippen LogP contribution in [0.5, 0.6) is 0 Å². The summed E-state index contributed by atoms with van der Waals surface area (Å²) in [5, 5.41) is 9.85. The first kappa shape index (κ1) is 21.3. The van der Waals surface area contributed by atoms with Crippen LogP contribution >= 0.6 is 0 Å². The number of hydrogen-bond donors (Lipinski definition) is 1. The summed E-state index contributed by atoms with van der Waals surface area (Å²) in [6.45, 7) is 4.72. The summed E-state index contributed by atoms with van der Waals surface area (Å²) in [5.41, 5.74) is 7.80. The number of carbonyl (C=O) groups is 2. The summed E-state index contributed by atoms with van der Waals surface area (Å²) in [6, 6.07) is 22.5. The molecular formula is C28H27NO4. The lowest BCUT2D eigenvalue weighted by Crippen LogP contribution is -2.31. The quantitative estimate of drug-likeness (QED) is 0.592. The van der Waals surface area contributed by atoms with Crippen LogP contribution in [0, 0.1) is 19.8 Å². The van der Waals surface area contributed by atoms with E-state index < -0.39 is 18.0 Å². The van der Waals surface area contributed by atoms with Crippen LogP contribution in [0.25, 0.3) is 11.1 Å². The predicted octanol–water partition coefficient (Wildman–Crippen LogP) is 5.35. The first-order chi connectivity index (χ1) is 15.9. The Morgan fingerprint density at radius 2 is 1.55 bits per heavy atom. The van der Waals surface area contributed by atoms with Crippen LogP contribution in [0.3, 0.4) is 0 Å². The number of ether oxygens (including phenoxy) is 1. The van der Waals surface area contributed by atoms with E-state index in [4.69, 9.17) is 4.74 Å². The smallest absolute Gasteiger partial charge is 0.409 e. The third kappa shape index (κ3) is 3.78. The van der Waals surface area contributed by atoms with E-state index >= 15 is 0 Å². The molecule has 0 saturated carbocycles. The van der Waals surface area contributed by atoms with Crippen LogP contribution in [0.1, 0.15) is 39.7 Å². The van der Waals surface area contributed by atoms with Crippen molar-refractivity contribution < 1.29 is 19.4 Å². The third-order valence-electron chi connectivity index (χ3n) is 7.07. The van der Waals surface area contributed by atoms with Crippen LogP contribution in [0.2, 0.25) is 0 Å². The predicted molar refractivity (Wildman–Crippen MR) is 126 cm³/mol. The Morgan fingerprint density at radius 1 is 0.909 bits per heavy atom. The number of amides is 1. The molecular weight excluding hydrogens is 414 g/mol. The maximum atomic E-state index is 13.0. The first-order valence-corrected chi connectivity index (χ1v) is 11.3. The van der Waals surface area contributed by atoms with Gasteiger partial charge in [-0.05, 0) is 47.2 Å². The van der Waals surface area contributed by atoms with Gasteiger partial charge in [0.05, 0.1) is 5.92 Å². The van der Waals surface area contributed by atoms with Gasteiger partial charge in [-0.15, -0.1) is 0 Å². The van der Waals surface area contributed by atoms with Gasteiger partial charge in [0.25, 0.3) is 0 Å². The summed E-state index contributed by atoms with van der Waals surface area (Å²) in [7, 11) is 0. The summed E-state index contributed by atoms with van der Waals surface area (Å²) < 4.78 is 5.78. The van der Waals surface area contributed by atoms with Crippen molar-refractivity contribution in [3.8, 4) is 11.1 Å². The monoisotopic (exact) mass is 441 g/mol. The van der Waals surface area contributed by atoms with Crippen LogP contribution in [0.15, 0.2) is 66.7 Å². The second kappa shape index (κ2) is 8.39. The van der Waals surface area contributed by atoms with Crippen molar-refractivity contribution in [3.05, 3.63) is 94.5 Å². The molecule has 1 saturated heterocycles. The molecule has 1 amide bonds. The molecule has 1 N–H and O–H groups in total. The number of aryl methyl sites for hydroxylation is 2. The molecule has 5 nitrogen and oxygen atoms in total.